The number of hydrogen-bond acceptors (Lipinski definition) is 4. The predicted octanol–water partition coefficient (Wildman–Crippen LogP) is 3.47. The molecule has 4 nitrogen and oxygen atoms in total. The van der Waals surface area contributed by atoms with Gasteiger partial charge in [-0.25, -0.2) is 4.98 Å². The Morgan fingerprint density at radius 2 is 2.00 bits per heavy atom. The summed E-state index contributed by atoms with van der Waals surface area (Å²) in [6, 6.07) is 3.01. The lowest BCUT2D eigenvalue weighted by Crippen LogP contribution is -2.28. The van der Waals surface area contributed by atoms with E-state index in [4.69, 9.17) is 23.2 Å². The predicted molar refractivity (Wildman–Crippen MR) is 85.0 cm³/mol. The summed E-state index contributed by atoms with van der Waals surface area (Å²) in [7, 11) is 0. The lowest BCUT2D eigenvalue weighted by molar-refractivity contribution is 0.326. The summed E-state index contributed by atoms with van der Waals surface area (Å²) in [5.41, 5.74) is 0. The minimum atomic E-state index is 0.427. The fourth-order valence-corrected chi connectivity index (χ4v) is 3.21. The van der Waals surface area contributed by atoms with Crippen molar-refractivity contribution in [2.45, 2.75) is 38.3 Å². The van der Waals surface area contributed by atoms with E-state index in [-0.39, 0.29) is 0 Å². The zero-order valence-corrected chi connectivity index (χ0v) is 13.1. The molecule has 2 fully saturated rings. The first-order chi connectivity index (χ1) is 9.67. The van der Waals surface area contributed by atoms with Crippen LogP contribution >= 0.6 is 23.2 Å². The Bertz CT molecular complexity index is 490. The van der Waals surface area contributed by atoms with Crippen molar-refractivity contribution in [3.63, 3.8) is 0 Å². The maximum atomic E-state index is 6.24. The molecule has 1 aliphatic carbocycles. The summed E-state index contributed by atoms with van der Waals surface area (Å²) in [4.78, 5) is 7.07. The lowest BCUT2D eigenvalue weighted by atomic mass is 10.2. The molecule has 3 rings (SSSR count). The highest BCUT2D eigenvalue weighted by atomic mass is 35.5. The zero-order valence-electron chi connectivity index (χ0n) is 11.6. The Balaban J connectivity index is 1.68. The Morgan fingerprint density at radius 3 is 2.70 bits per heavy atom. The first-order valence-electron chi connectivity index (χ1n) is 7.28. The average Bonchev–Trinajstić information content (AvgIpc) is 3.16. The normalized spacial score (nSPS) is 23.1. The second kappa shape index (κ2) is 5.96. The first kappa shape index (κ1) is 14.2. The van der Waals surface area contributed by atoms with Gasteiger partial charge in [0, 0.05) is 31.7 Å². The van der Waals surface area contributed by atoms with E-state index in [1.54, 1.807) is 6.07 Å². The van der Waals surface area contributed by atoms with E-state index in [0.717, 1.165) is 31.4 Å². The molecule has 1 aliphatic heterocycles. The standard InChI is InChI=1S/C14H20Cl2N4/c1-2-17-13-11(15)7-12(16)14(19-13)18-9-5-6-20(8-9)10-3-4-10/h7,9-10H,2-6,8H2,1H3,(H2,17,18,19). The first-order valence-corrected chi connectivity index (χ1v) is 8.03. The SMILES string of the molecule is CCNc1nc(NC2CCN(C3CC3)C2)c(Cl)cc1Cl. The topological polar surface area (TPSA) is 40.2 Å². The van der Waals surface area contributed by atoms with Gasteiger partial charge in [-0.1, -0.05) is 23.2 Å². The van der Waals surface area contributed by atoms with Gasteiger partial charge in [0.2, 0.25) is 0 Å². The zero-order chi connectivity index (χ0) is 14.1. The van der Waals surface area contributed by atoms with E-state index in [2.05, 4.69) is 20.5 Å². The Labute approximate surface area is 129 Å². The Hall–Kier alpha value is -0.710. The molecule has 0 radical (unpaired) electrons. The molecule has 0 amide bonds. The number of nitrogens with zero attached hydrogens (tertiary/aromatic N) is 2. The van der Waals surface area contributed by atoms with Crippen molar-refractivity contribution < 1.29 is 0 Å². The van der Waals surface area contributed by atoms with Gasteiger partial charge in [0.1, 0.15) is 11.6 Å². The van der Waals surface area contributed by atoms with Crippen molar-refractivity contribution in [3.05, 3.63) is 16.1 Å². The molecule has 1 aromatic heterocycles. The minimum Gasteiger partial charge on any atom is -0.369 e. The third-order valence-corrected chi connectivity index (χ3v) is 4.47. The molecule has 0 spiro atoms. The number of likely N-dealkylation sites (tertiary alicyclic amines) is 1. The second-order valence-corrected chi connectivity index (χ2v) is 6.35. The van der Waals surface area contributed by atoms with E-state index in [1.165, 1.54) is 19.4 Å². The van der Waals surface area contributed by atoms with Crippen LogP contribution in [0.2, 0.25) is 10.0 Å². The summed E-state index contributed by atoms with van der Waals surface area (Å²) in [6.45, 7) is 5.06. The molecular weight excluding hydrogens is 295 g/mol. The molecule has 1 aromatic rings. The lowest BCUT2D eigenvalue weighted by Gasteiger charge is -2.18. The summed E-state index contributed by atoms with van der Waals surface area (Å²) in [6.07, 6.45) is 3.86. The van der Waals surface area contributed by atoms with Crippen molar-refractivity contribution in [1.82, 2.24) is 9.88 Å². The highest BCUT2D eigenvalue weighted by molar-refractivity contribution is 6.37. The van der Waals surface area contributed by atoms with Crippen LogP contribution in [0.3, 0.4) is 0 Å². The van der Waals surface area contributed by atoms with Gasteiger partial charge in [-0.15, -0.1) is 0 Å². The molecule has 1 saturated carbocycles. The molecule has 1 saturated heterocycles. The number of halogens is 2. The Morgan fingerprint density at radius 1 is 1.25 bits per heavy atom. The largest absolute Gasteiger partial charge is 0.369 e. The van der Waals surface area contributed by atoms with Crippen LogP contribution < -0.4 is 10.6 Å². The molecular formula is C14H20Cl2N4. The number of nitrogens with one attached hydrogen (secondary N) is 2. The second-order valence-electron chi connectivity index (χ2n) is 5.54. The van der Waals surface area contributed by atoms with Gasteiger partial charge >= 0.3 is 0 Å². The van der Waals surface area contributed by atoms with Gasteiger partial charge in [0.15, 0.2) is 0 Å². The van der Waals surface area contributed by atoms with Gasteiger partial charge in [-0.3, -0.25) is 4.90 Å². The number of anilines is 2. The van der Waals surface area contributed by atoms with Crippen LogP contribution in [0, 0.1) is 0 Å². The van der Waals surface area contributed by atoms with Crippen LogP contribution in [0.4, 0.5) is 11.6 Å². The van der Waals surface area contributed by atoms with Gasteiger partial charge in [-0.2, -0.15) is 0 Å². The molecule has 1 unspecified atom stereocenters. The van der Waals surface area contributed by atoms with Crippen LogP contribution in [-0.2, 0) is 0 Å². The summed E-state index contributed by atoms with van der Waals surface area (Å²) in [5, 5.41) is 7.77. The Kier molecular flexibility index (Phi) is 4.24. The van der Waals surface area contributed by atoms with E-state index < -0.39 is 0 Å². The quantitative estimate of drug-likeness (QED) is 0.873. The smallest absolute Gasteiger partial charge is 0.147 e. The van der Waals surface area contributed by atoms with Crippen LogP contribution in [0.5, 0.6) is 0 Å². The number of aromatic nitrogens is 1. The number of pyridine rings is 1. The van der Waals surface area contributed by atoms with Gasteiger partial charge < -0.3 is 10.6 Å². The highest BCUT2D eigenvalue weighted by Crippen LogP contribution is 2.33. The van der Waals surface area contributed by atoms with Crippen LogP contribution in [-0.4, -0.2) is 41.6 Å². The van der Waals surface area contributed by atoms with Gasteiger partial charge in [0.25, 0.3) is 0 Å². The molecule has 110 valence electrons. The van der Waals surface area contributed by atoms with Crippen LogP contribution in [0.1, 0.15) is 26.2 Å². The molecule has 2 heterocycles. The van der Waals surface area contributed by atoms with Crippen LogP contribution in [0.15, 0.2) is 6.07 Å². The van der Waals surface area contributed by atoms with Crippen molar-refractivity contribution in [1.29, 1.82) is 0 Å². The van der Waals surface area contributed by atoms with Crippen molar-refractivity contribution in [2.24, 2.45) is 0 Å². The molecule has 6 heteroatoms. The third kappa shape index (κ3) is 3.13. The number of rotatable bonds is 5. The van der Waals surface area contributed by atoms with Crippen LogP contribution in [0.25, 0.3) is 0 Å². The summed E-state index contributed by atoms with van der Waals surface area (Å²) < 4.78 is 0. The fraction of sp³-hybridized carbons (Fsp3) is 0.643. The molecule has 1 atom stereocenters. The minimum absolute atomic E-state index is 0.427. The number of hydrogen-bond donors (Lipinski definition) is 2. The van der Waals surface area contributed by atoms with E-state index in [1.807, 2.05) is 6.92 Å². The van der Waals surface area contributed by atoms with Crippen molar-refractivity contribution >= 4 is 34.8 Å². The van der Waals surface area contributed by atoms with E-state index >= 15 is 0 Å². The summed E-state index contributed by atoms with van der Waals surface area (Å²) in [5.74, 6) is 1.42. The van der Waals surface area contributed by atoms with Gasteiger partial charge in [0.05, 0.1) is 10.0 Å². The van der Waals surface area contributed by atoms with Gasteiger partial charge in [-0.05, 0) is 32.3 Å². The highest BCUT2D eigenvalue weighted by Gasteiger charge is 2.34. The molecule has 2 aliphatic rings. The van der Waals surface area contributed by atoms with E-state index in [0.29, 0.717) is 21.9 Å². The van der Waals surface area contributed by atoms with Crippen molar-refractivity contribution in [3.8, 4) is 0 Å². The molecule has 20 heavy (non-hydrogen) atoms. The van der Waals surface area contributed by atoms with E-state index in [9.17, 15) is 0 Å². The monoisotopic (exact) mass is 314 g/mol. The summed E-state index contributed by atoms with van der Waals surface area (Å²) >= 11 is 12.4. The third-order valence-electron chi connectivity index (χ3n) is 3.90. The van der Waals surface area contributed by atoms with Crippen molar-refractivity contribution in [2.75, 3.05) is 30.3 Å². The molecule has 0 aromatic carbocycles. The maximum absolute atomic E-state index is 6.24. The average molecular weight is 315 g/mol. The maximum Gasteiger partial charge on any atom is 0.147 e. The fourth-order valence-electron chi connectivity index (χ4n) is 2.73. The molecule has 2 N–H and O–H groups in total. The molecule has 0 bridgehead atoms.